The summed E-state index contributed by atoms with van der Waals surface area (Å²) < 4.78 is 5.37. The van der Waals surface area contributed by atoms with E-state index >= 15 is 0 Å². The zero-order valence-corrected chi connectivity index (χ0v) is 14.6. The number of hydrogen-bond acceptors (Lipinski definition) is 3. The SMILES string of the molecule is CCCN=C(NCCc1ccco1)NC1CCCC(SC)C1. The molecular weight excluding hydrogens is 294 g/mol. The second-order valence-electron chi connectivity index (χ2n) is 5.85. The van der Waals surface area contributed by atoms with Crippen molar-refractivity contribution in [3.05, 3.63) is 24.2 Å². The summed E-state index contributed by atoms with van der Waals surface area (Å²) in [6, 6.07) is 4.50. The smallest absolute Gasteiger partial charge is 0.191 e. The van der Waals surface area contributed by atoms with Crippen LogP contribution in [0, 0.1) is 0 Å². The normalized spacial score (nSPS) is 22.5. The van der Waals surface area contributed by atoms with E-state index in [2.05, 4.69) is 28.8 Å². The molecule has 2 atom stereocenters. The number of nitrogens with one attached hydrogen (secondary N) is 2. The third-order valence-corrected chi connectivity index (χ3v) is 5.13. The first-order valence-electron chi connectivity index (χ1n) is 8.41. The number of rotatable bonds is 7. The van der Waals surface area contributed by atoms with E-state index in [0.29, 0.717) is 6.04 Å². The highest BCUT2D eigenvalue weighted by Gasteiger charge is 2.21. The summed E-state index contributed by atoms with van der Waals surface area (Å²) in [5.74, 6) is 1.97. The molecule has 1 aromatic rings. The molecule has 1 aliphatic rings. The molecule has 124 valence electrons. The van der Waals surface area contributed by atoms with E-state index in [1.165, 1.54) is 25.7 Å². The second-order valence-corrected chi connectivity index (χ2v) is 6.99. The Balaban J connectivity index is 1.80. The monoisotopic (exact) mass is 323 g/mol. The number of furan rings is 1. The molecule has 2 rings (SSSR count). The van der Waals surface area contributed by atoms with Gasteiger partial charge in [-0.3, -0.25) is 4.99 Å². The van der Waals surface area contributed by atoms with Gasteiger partial charge in [-0.05, 0) is 44.1 Å². The number of hydrogen-bond donors (Lipinski definition) is 2. The maximum absolute atomic E-state index is 5.37. The highest BCUT2D eigenvalue weighted by Crippen LogP contribution is 2.26. The van der Waals surface area contributed by atoms with Crippen molar-refractivity contribution in [2.24, 2.45) is 4.99 Å². The zero-order chi connectivity index (χ0) is 15.6. The molecule has 2 N–H and O–H groups in total. The van der Waals surface area contributed by atoms with Gasteiger partial charge in [0.1, 0.15) is 5.76 Å². The Morgan fingerprint density at radius 3 is 3.09 bits per heavy atom. The van der Waals surface area contributed by atoms with Crippen molar-refractivity contribution in [1.82, 2.24) is 10.6 Å². The van der Waals surface area contributed by atoms with Crippen LogP contribution in [0.4, 0.5) is 0 Å². The van der Waals surface area contributed by atoms with Gasteiger partial charge in [0.15, 0.2) is 5.96 Å². The molecule has 0 spiro atoms. The summed E-state index contributed by atoms with van der Waals surface area (Å²) in [6.07, 6.45) is 11.1. The molecule has 22 heavy (non-hydrogen) atoms. The topological polar surface area (TPSA) is 49.6 Å². The lowest BCUT2D eigenvalue weighted by Gasteiger charge is -2.30. The Hall–Kier alpha value is -1.10. The van der Waals surface area contributed by atoms with E-state index in [4.69, 9.17) is 4.42 Å². The molecule has 0 aliphatic heterocycles. The molecule has 1 heterocycles. The molecule has 0 saturated heterocycles. The molecule has 4 nitrogen and oxygen atoms in total. The van der Waals surface area contributed by atoms with Gasteiger partial charge in [0.2, 0.25) is 0 Å². The minimum absolute atomic E-state index is 0.554. The van der Waals surface area contributed by atoms with E-state index in [9.17, 15) is 0 Å². The summed E-state index contributed by atoms with van der Waals surface area (Å²) >= 11 is 2.00. The molecule has 1 saturated carbocycles. The van der Waals surface area contributed by atoms with Gasteiger partial charge in [-0.1, -0.05) is 13.3 Å². The maximum atomic E-state index is 5.37. The van der Waals surface area contributed by atoms with Crippen LogP contribution in [0.1, 0.15) is 44.8 Å². The van der Waals surface area contributed by atoms with Crippen LogP contribution in [-0.4, -0.2) is 36.6 Å². The Labute approximate surface area is 138 Å². The van der Waals surface area contributed by atoms with Crippen LogP contribution >= 0.6 is 11.8 Å². The van der Waals surface area contributed by atoms with Gasteiger partial charge in [-0.15, -0.1) is 0 Å². The highest BCUT2D eigenvalue weighted by atomic mass is 32.2. The first-order valence-corrected chi connectivity index (χ1v) is 9.70. The van der Waals surface area contributed by atoms with Crippen LogP contribution in [0.5, 0.6) is 0 Å². The first-order chi connectivity index (χ1) is 10.8. The van der Waals surface area contributed by atoms with Gasteiger partial charge in [0.05, 0.1) is 6.26 Å². The van der Waals surface area contributed by atoms with Crippen molar-refractivity contribution in [3.63, 3.8) is 0 Å². The van der Waals surface area contributed by atoms with Crippen LogP contribution in [0.25, 0.3) is 0 Å². The molecule has 0 amide bonds. The Bertz CT molecular complexity index is 433. The molecule has 1 fully saturated rings. The number of aliphatic imine (C=N–C) groups is 1. The van der Waals surface area contributed by atoms with E-state index in [1.807, 2.05) is 23.9 Å². The molecule has 2 unspecified atom stereocenters. The quantitative estimate of drug-likeness (QED) is 0.596. The zero-order valence-electron chi connectivity index (χ0n) is 13.8. The van der Waals surface area contributed by atoms with Crippen LogP contribution in [0.15, 0.2) is 27.8 Å². The van der Waals surface area contributed by atoms with E-state index in [-0.39, 0.29) is 0 Å². The summed E-state index contributed by atoms with van der Waals surface area (Å²) in [5, 5.41) is 7.87. The van der Waals surface area contributed by atoms with E-state index in [0.717, 1.165) is 42.9 Å². The summed E-state index contributed by atoms with van der Waals surface area (Å²) in [4.78, 5) is 4.66. The van der Waals surface area contributed by atoms with Crippen LogP contribution in [0.2, 0.25) is 0 Å². The maximum Gasteiger partial charge on any atom is 0.191 e. The first kappa shape index (κ1) is 17.3. The fourth-order valence-electron chi connectivity index (χ4n) is 2.82. The van der Waals surface area contributed by atoms with Crippen molar-refractivity contribution in [1.29, 1.82) is 0 Å². The Morgan fingerprint density at radius 1 is 1.45 bits per heavy atom. The molecule has 1 aliphatic carbocycles. The molecule has 0 aromatic carbocycles. The molecule has 0 bridgehead atoms. The number of thioether (sulfide) groups is 1. The summed E-state index contributed by atoms with van der Waals surface area (Å²) in [6.45, 7) is 3.88. The average molecular weight is 324 g/mol. The van der Waals surface area contributed by atoms with Crippen LogP contribution in [-0.2, 0) is 6.42 Å². The molecular formula is C17H29N3OS. The van der Waals surface area contributed by atoms with Crippen molar-refractivity contribution in [2.45, 2.75) is 56.7 Å². The van der Waals surface area contributed by atoms with Crippen molar-refractivity contribution in [2.75, 3.05) is 19.3 Å². The van der Waals surface area contributed by atoms with Gasteiger partial charge in [0.25, 0.3) is 0 Å². The predicted octanol–water partition coefficient (Wildman–Crippen LogP) is 3.44. The van der Waals surface area contributed by atoms with Crippen LogP contribution in [0.3, 0.4) is 0 Å². The Morgan fingerprint density at radius 2 is 2.36 bits per heavy atom. The molecule has 1 aromatic heterocycles. The van der Waals surface area contributed by atoms with E-state index < -0.39 is 0 Å². The third-order valence-electron chi connectivity index (χ3n) is 4.04. The van der Waals surface area contributed by atoms with Crippen molar-refractivity contribution >= 4 is 17.7 Å². The minimum Gasteiger partial charge on any atom is -0.469 e. The van der Waals surface area contributed by atoms with Crippen molar-refractivity contribution in [3.8, 4) is 0 Å². The van der Waals surface area contributed by atoms with Gasteiger partial charge >= 0.3 is 0 Å². The van der Waals surface area contributed by atoms with Crippen molar-refractivity contribution < 1.29 is 4.42 Å². The summed E-state index contributed by atoms with van der Waals surface area (Å²) in [5.41, 5.74) is 0. The largest absolute Gasteiger partial charge is 0.469 e. The summed E-state index contributed by atoms with van der Waals surface area (Å²) in [7, 11) is 0. The fourth-order valence-corrected chi connectivity index (χ4v) is 3.65. The van der Waals surface area contributed by atoms with E-state index in [1.54, 1.807) is 6.26 Å². The lowest BCUT2D eigenvalue weighted by molar-refractivity contribution is 0.418. The predicted molar refractivity (Wildman–Crippen MR) is 95.7 cm³/mol. The fraction of sp³-hybridized carbons (Fsp3) is 0.706. The Kier molecular flexibility index (Phi) is 7.71. The van der Waals surface area contributed by atoms with Gasteiger partial charge < -0.3 is 15.1 Å². The van der Waals surface area contributed by atoms with Gasteiger partial charge in [0, 0.05) is 30.8 Å². The van der Waals surface area contributed by atoms with Crippen LogP contribution < -0.4 is 10.6 Å². The third kappa shape index (κ3) is 5.95. The highest BCUT2D eigenvalue weighted by molar-refractivity contribution is 7.99. The molecule has 0 radical (unpaired) electrons. The minimum atomic E-state index is 0.554. The number of nitrogens with zero attached hydrogens (tertiary/aromatic N) is 1. The standard InChI is InChI=1S/C17H29N3OS/c1-3-10-18-17(19-11-9-15-7-5-12-21-15)20-14-6-4-8-16(13-14)22-2/h5,7,12,14,16H,3-4,6,8-11,13H2,1-2H3,(H2,18,19,20). The lowest BCUT2D eigenvalue weighted by atomic mass is 9.95. The number of guanidine groups is 1. The second kappa shape index (κ2) is 9.82. The van der Waals surface area contributed by atoms with Gasteiger partial charge in [-0.25, -0.2) is 0 Å². The van der Waals surface area contributed by atoms with Gasteiger partial charge in [-0.2, -0.15) is 11.8 Å². The lowest BCUT2D eigenvalue weighted by Crippen LogP contribution is -2.46. The average Bonchev–Trinajstić information content (AvgIpc) is 3.06. The molecule has 5 heteroatoms.